The van der Waals surface area contributed by atoms with Crippen molar-refractivity contribution >= 4 is 54.3 Å². The smallest absolute Gasteiger partial charge is 0.325 e. The zero-order chi connectivity index (χ0) is 14.1. The molecular weight excluding hydrogens is 338 g/mol. The summed E-state index contributed by atoms with van der Waals surface area (Å²) in [5.41, 5.74) is 7.05. The lowest BCUT2D eigenvalue weighted by atomic mass is 10.3. The third-order valence-corrected chi connectivity index (χ3v) is 4.33. The molecular formula is C14H10BrN3OS. The first-order valence-electron chi connectivity index (χ1n) is 5.86. The van der Waals surface area contributed by atoms with E-state index in [-0.39, 0.29) is 0 Å². The zero-order valence-electron chi connectivity index (χ0n) is 10.3. The second kappa shape index (κ2) is 5.22. The van der Waals surface area contributed by atoms with Crippen molar-refractivity contribution in [2.45, 2.75) is 0 Å². The van der Waals surface area contributed by atoms with Gasteiger partial charge in [0, 0.05) is 4.47 Å². The summed E-state index contributed by atoms with van der Waals surface area (Å²) in [6.07, 6.45) is 0. The van der Waals surface area contributed by atoms with Crippen molar-refractivity contribution in [2.24, 2.45) is 5.73 Å². The van der Waals surface area contributed by atoms with Crippen molar-refractivity contribution in [1.82, 2.24) is 4.98 Å². The number of halogens is 1. The van der Waals surface area contributed by atoms with Crippen molar-refractivity contribution in [2.75, 3.05) is 4.90 Å². The number of rotatable bonds is 2. The van der Waals surface area contributed by atoms with E-state index in [9.17, 15) is 4.79 Å². The topological polar surface area (TPSA) is 59.2 Å². The maximum atomic E-state index is 11.8. The summed E-state index contributed by atoms with van der Waals surface area (Å²) in [6, 6.07) is 14.6. The Hall–Kier alpha value is -1.92. The van der Waals surface area contributed by atoms with E-state index < -0.39 is 6.03 Å². The average molecular weight is 348 g/mol. The number of nitrogens with two attached hydrogens (primary N) is 1. The highest BCUT2D eigenvalue weighted by Crippen LogP contribution is 2.33. The van der Waals surface area contributed by atoms with Gasteiger partial charge in [-0.2, -0.15) is 0 Å². The fraction of sp³-hybridized carbons (Fsp3) is 0. The van der Waals surface area contributed by atoms with Crippen LogP contribution in [0.1, 0.15) is 0 Å². The van der Waals surface area contributed by atoms with E-state index in [0.717, 1.165) is 14.7 Å². The van der Waals surface area contributed by atoms with E-state index in [2.05, 4.69) is 20.9 Å². The molecule has 1 heterocycles. The van der Waals surface area contributed by atoms with Crippen LogP contribution in [-0.4, -0.2) is 11.0 Å². The minimum Gasteiger partial charge on any atom is -0.351 e. The zero-order valence-corrected chi connectivity index (χ0v) is 12.7. The van der Waals surface area contributed by atoms with Gasteiger partial charge in [-0.15, -0.1) is 0 Å². The largest absolute Gasteiger partial charge is 0.351 e. The molecule has 100 valence electrons. The molecule has 0 atom stereocenters. The second-order valence-electron chi connectivity index (χ2n) is 4.11. The molecule has 2 aromatic carbocycles. The molecule has 6 heteroatoms. The molecule has 3 aromatic rings. The summed E-state index contributed by atoms with van der Waals surface area (Å²) in [5, 5.41) is 0.570. The van der Waals surface area contributed by atoms with Crippen LogP contribution in [0.4, 0.5) is 15.6 Å². The number of nitrogens with zero attached hydrogens (tertiary/aromatic N) is 2. The number of urea groups is 1. The average Bonchev–Trinajstić information content (AvgIpc) is 2.84. The van der Waals surface area contributed by atoms with Crippen LogP contribution in [0.25, 0.3) is 10.2 Å². The highest BCUT2D eigenvalue weighted by atomic mass is 79.9. The summed E-state index contributed by atoms with van der Waals surface area (Å²) >= 11 is 4.80. The van der Waals surface area contributed by atoms with Crippen LogP contribution in [0.2, 0.25) is 0 Å². The van der Waals surface area contributed by atoms with Crippen LogP contribution in [0.15, 0.2) is 53.0 Å². The quantitative estimate of drug-likeness (QED) is 0.752. The fourth-order valence-electron chi connectivity index (χ4n) is 1.88. The van der Waals surface area contributed by atoms with Crippen LogP contribution in [-0.2, 0) is 0 Å². The van der Waals surface area contributed by atoms with Crippen molar-refractivity contribution in [3.8, 4) is 0 Å². The molecule has 0 unspecified atom stereocenters. The third kappa shape index (κ3) is 2.39. The standard InChI is InChI=1S/C14H10BrN3OS/c15-9-5-7-10(8-6-9)18(13(16)19)14-17-11-3-1-2-4-12(11)20-14/h1-8H,(H2,16,19). The monoisotopic (exact) mass is 347 g/mol. The van der Waals surface area contributed by atoms with E-state index in [1.54, 1.807) is 0 Å². The Morgan fingerprint density at radius 3 is 2.50 bits per heavy atom. The molecule has 2 amide bonds. The van der Waals surface area contributed by atoms with Crippen molar-refractivity contribution < 1.29 is 4.79 Å². The number of amides is 2. The van der Waals surface area contributed by atoms with E-state index in [1.807, 2.05) is 48.5 Å². The highest BCUT2D eigenvalue weighted by molar-refractivity contribution is 9.10. The van der Waals surface area contributed by atoms with E-state index in [1.165, 1.54) is 16.2 Å². The molecule has 0 saturated heterocycles. The SMILES string of the molecule is NC(=O)N(c1ccc(Br)cc1)c1nc2ccccc2s1. The number of para-hydroxylation sites is 1. The van der Waals surface area contributed by atoms with Gasteiger partial charge in [0.2, 0.25) is 0 Å². The minimum absolute atomic E-state index is 0.550. The van der Waals surface area contributed by atoms with Gasteiger partial charge in [0.15, 0.2) is 5.13 Å². The van der Waals surface area contributed by atoms with Crippen LogP contribution in [0.5, 0.6) is 0 Å². The van der Waals surface area contributed by atoms with Gasteiger partial charge in [0.05, 0.1) is 15.9 Å². The number of carbonyl (C=O) groups excluding carboxylic acids is 1. The predicted molar refractivity (Wildman–Crippen MR) is 85.5 cm³/mol. The van der Waals surface area contributed by atoms with Crippen LogP contribution in [0.3, 0.4) is 0 Å². The van der Waals surface area contributed by atoms with Gasteiger partial charge in [-0.3, -0.25) is 0 Å². The van der Waals surface area contributed by atoms with Crippen molar-refractivity contribution in [3.63, 3.8) is 0 Å². The number of aromatic nitrogens is 1. The Morgan fingerprint density at radius 2 is 1.85 bits per heavy atom. The number of fused-ring (bicyclic) bond motifs is 1. The summed E-state index contributed by atoms with van der Waals surface area (Å²) in [6.45, 7) is 0. The lowest BCUT2D eigenvalue weighted by Gasteiger charge is -2.17. The van der Waals surface area contributed by atoms with Crippen molar-refractivity contribution in [3.05, 3.63) is 53.0 Å². The Morgan fingerprint density at radius 1 is 1.15 bits per heavy atom. The molecule has 3 rings (SSSR count). The highest BCUT2D eigenvalue weighted by Gasteiger charge is 2.19. The third-order valence-electron chi connectivity index (χ3n) is 2.78. The van der Waals surface area contributed by atoms with Crippen LogP contribution < -0.4 is 10.6 Å². The second-order valence-corrected chi connectivity index (χ2v) is 6.04. The maximum Gasteiger partial charge on any atom is 0.325 e. The van der Waals surface area contributed by atoms with Gasteiger partial charge in [0.1, 0.15) is 0 Å². The molecule has 0 fully saturated rings. The number of anilines is 2. The molecule has 20 heavy (non-hydrogen) atoms. The molecule has 0 radical (unpaired) electrons. The van der Waals surface area contributed by atoms with Gasteiger partial charge in [-0.05, 0) is 36.4 Å². The maximum absolute atomic E-state index is 11.8. The molecule has 0 aliphatic carbocycles. The van der Waals surface area contributed by atoms with Crippen LogP contribution >= 0.6 is 27.3 Å². The fourth-order valence-corrected chi connectivity index (χ4v) is 3.13. The lowest BCUT2D eigenvalue weighted by Crippen LogP contribution is -2.31. The summed E-state index contributed by atoms with van der Waals surface area (Å²) in [4.78, 5) is 17.6. The number of thiazole rings is 1. The van der Waals surface area contributed by atoms with Gasteiger partial charge < -0.3 is 5.73 Å². The van der Waals surface area contributed by atoms with Crippen molar-refractivity contribution in [1.29, 1.82) is 0 Å². The van der Waals surface area contributed by atoms with Gasteiger partial charge in [0.25, 0.3) is 0 Å². The molecule has 0 aliphatic rings. The molecule has 1 aromatic heterocycles. The number of benzene rings is 2. The van der Waals surface area contributed by atoms with Crippen LogP contribution in [0, 0.1) is 0 Å². The Balaban J connectivity index is 2.10. The molecule has 4 nitrogen and oxygen atoms in total. The molecule has 0 bridgehead atoms. The first-order valence-corrected chi connectivity index (χ1v) is 7.47. The Kier molecular flexibility index (Phi) is 3.42. The van der Waals surface area contributed by atoms with E-state index in [0.29, 0.717) is 10.8 Å². The van der Waals surface area contributed by atoms with Gasteiger partial charge >= 0.3 is 6.03 Å². The number of hydrogen-bond acceptors (Lipinski definition) is 3. The minimum atomic E-state index is -0.550. The van der Waals surface area contributed by atoms with E-state index >= 15 is 0 Å². The lowest BCUT2D eigenvalue weighted by molar-refractivity contribution is 0.256. The van der Waals surface area contributed by atoms with Gasteiger partial charge in [-0.25, -0.2) is 14.7 Å². The normalized spacial score (nSPS) is 10.7. The number of hydrogen-bond donors (Lipinski definition) is 1. The Bertz CT molecular complexity index is 736. The number of primary amides is 1. The predicted octanol–water partition coefficient (Wildman–Crippen LogP) is 4.28. The number of carbonyl (C=O) groups is 1. The molecule has 0 saturated carbocycles. The summed E-state index contributed by atoms with van der Waals surface area (Å²) in [5.74, 6) is 0. The summed E-state index contributed by atoms with van der Waals surface area (Å²) < 4.78 is 1.96. The molecule has 0 spiro atoms. The Labute approximate surface area is 128 Å². The first kappa shape index (κ1) is 13.1. The van der Waals surface area contributed by atoms with E-state index in [4.69, 9.17) is 5.73 Å². The summed E-state index contributed by atoms with van der Waals surface area (Å²) in [7, 11) is 0. The molecule has 2 N–H and O–H groups in total. The molecule has 0 aliphatic heterocycles. The van der Waals surface area contributed by atoms with Gasteiger partial charge in [-0.1, -0.05) is 39.4 Å². The first-order chi connectivity index (χ1) is 9.65.